The van der Waals surface area contributed by atoms with Crippen LogP contribution >= 0.6 is 11.6 Å². The minimum atomic E-state index is -0.134. The number of nitrogens with one attached hydrogen (secondary N) is 1. The van der Waals surface area contributed by atoms with E-state index in [1.54, 1.807) is 12.1 Å². The van der Waals surface area contributed by atoms with Crippen molar-refractivity contribution in [1.82, 2.24) is 10.2 Å². The molecule has 6 heteroatoms. The first-order chi connectivity index (χ1) is 8.66. The molecule has 0 bridgehead atoms. The molecule has 1 heterocycles. The Balaban J connectivity index is 1.99. The third-order valence-corrected chi connectivity index (χ3v) is 3.49. The second kappa shape index (κ2) is 6.11. The Bertz CT molecular complexity index is 409. The SMILES string of the molecule is NC1CCCCCC1C(=O)Nc1ccc(Cl)nn1. The molecule has 0 spiro atoms. The summed E-state index contributed by atoms with van der Waals surface area (Å²) in [5.41, 5.74) is 6.04. The monoisotopic (exact) mass is 268 g/mol. The number of carbonyl (C=O) groups excluding carboxylic acids is 1. The van der Waals surface area contributed by atoms with Crippen molar-refractivity contribution in [2.75, 3.05) is 5.32 Å². The third kappa shape index (κ3) is 3.40. The van der Waals surface area contributed by atoms with Gasteiger partial charge in [0.1, 0.15) is 0 Å². The summed E-state index contributed by atoms with van der Waals surface area (Å²) >= 11 is 5.64. The summed E-state index contributed by atoms with van der Waals surface area (Å²) in [5, 5.41) is 10.5. The Morgan fingerprint density at radius 3 is 2.78 bits per heavy atom. The van der Waals surface area contributed by atoms with Crippen LogP contribution < -0.4 is 11.1 Å². The molecule has 2 rings (SSSR count). The number of aromatic nitrogens is 2. The lowest BCUT2D eigenvalue weighted by atomic mass is 9.94. The Morgan fingerprint density at radius 1 is 1.28 bits per heavy atom. The van der Waals surface area contributed by atoms with Crippen LogP contribution in [0.1, 0.15) is 32.1 Å². The Labute approximate surface area is 111 Å². The molecule has 1 aromatic rings. The van der Waals surface area contributed by atoms with E-state index in [0.29, 0.717) is 11.0 Å². The highest BCUT2D eigenvalue weighted by molar-refractivity contribution is 6.29. The van der Waals surface area contributed by atoms with E-state index in [-0.39, 0.29) is 17.9 Å². The van der Waals surface area contributed by atoms with Gasteiger partial charge in [-0.25, -0.2) is 0 Å². The van der Waals surface area contributed by atoms with Crippen LogP contribution in [0.3, 0.4) is 0 Å². The number of nitrogens with zero attached hydrogens (tertiary/aromatic N) is 2. The number of amides is 1. The molecule has 1 saturated carbocycles. The number of anilines is 1. The molecular weight excluding hydrogens is 252 g/mol. The molecule has 0 aromatic carbocycles. The van der Waals surface area contributed by atoms with Crippen molar-refractivity contribution in [1.29, 1.82) is 0 Å². The number of nitrogens with two attached hydrogens (primary N) is 1. The van der Waals surface area contributed by atoms with Crippen LogP contribution in [0.25, 0.3) is 0 Å². The smallest absolute Gasteiger partial charge is 0.230 e. The van der Waals surface area contributed by atoms with Crippen LogP contribution in [0.4, 0.5) is 5.82 Å². The van der Waals surface area contributed by atoms with Crippen molar-refractivity contribution in [3.05, 3.63) is 17.3 Å². The average Bonchev–Trinajstić information content (AvgIpc) is 2.57. The van der Waals surface area contributed by atoms with Gasteiger partial charge in [-0.05, 0) is 25.0 Å². The summed E-state index contributed by atoms with van der Waals surface area (Å²) in [5.74, 6) is 0.215. The van der Waals surface area contributed by atoms with Crippen molar-refractivity contribution in [2.24, 2.45) is 11.7 Å². The molecule has 3 N–H and O–H groups in total. The van der Waals surface area contributed by atoms with Crippen molar-refractivity contribution < 1.29 is 4.79 Å². The van der Waals surface area contributed by atoms with Gasteiger partial charge in [-0.15, -0.1) is 10.2 Å². The van der Waals surface area contributed by atoms with Crippen LogP contribution in [-0.2, 0) is 4.79 Å². The summed E-state index contributed by atoms with van der Waals surface area (Å²) < 4.78 is 0. The standard InChI is InChI=1S/C12H17ClN4O/c13-10-6-7-11(17-16-10)15-12(18)8-4-2-1-3-5-9(8)14/h6-9H,1-5,14H2,(H,15,17,18). The van der Waals surface area contributed by atoms with Gasteiger partial charge in [0.15, 0.2) is 11.0 Å². The second-order valence-electron chi connectivity index (χ2n) is 4.64. The molecule has 1 aliphatic carbocycles. The fourth-order valence-corrected chi connectivity index (χ4v) is 2.36. The normalized spacial score (nSPS) is 24.3. The zero-order chi connectivity index (χ0) is 13.0. The molecule has 18 heavy (non-hydrogen) atoms. The van der Waals surface area contributed by atoms with E-state index in [1.165, 1.54) is 0 Å². The molecule has 2 atom stereocenters. The second-order valence-corrected chi connectivity index (χ2v) is 5.03. The van der Waals surface area contributed by atoms with E-state index >= 15 is 0 Å². The van der Waals surface area contributed by atoms with Gasteiger partial charge in [0.05, 0.1) is 5.92 Å². The molecule has 0 radical (unpaired) electrons. The van der Waals surface area contributed by atoms with E-state index < -0.39 is 0 Å². The highest BCUT2D eigenvalue weighted by Crippen LogP contribution is 2.23. The lowest BCUT2D eigenvalue weighted by Crippen LogP contribution is -2.38. The molecule has 1 amide bonds. The largest absolute Gasteiger partial charge is 0.327 e. The number of halogens is 1. The van der Waals surface area contributed by atoms with Gasteiger partial charge >= 0.3 is 0 Å². The number of hydrogen-bond acceptors (Lipinski definition) is 4. The van der Waals surface area contributed by atoms with Crippen LogP contribution in [-0.4, -0.2) is 22.1 Å². The lowest BCUT2D eigenvalue weighted by molar-refractivity contribution is -0.120. The van der Waals surface area contributed by atoms with Crippen molar-refractivity contribution in [2.45, 2.75) is 38.1 Å². The van der Waals surface area contributed by atoms with E-state index in [1.807, 2.05) is 0 Å². The fourth-order valence-electron chi connectivity index (χ4n) is 2.26. The fraction of sp³-hybridized carbons (Fsp3) is 0.583. The predicted molar refractivity (Wildman–Crippen MR) is 70.2 cm³/mol. The Hall–Kier alpha value is -1.20. The summed E-state index contributed by atoms with van der Waals surface area (Å²) in [6.07, 6.45) is 5.06. The van der Waals surface area contributed by atoms with Gasteiger partial charge < -0.3 is 11.1 Å². The quantitative estimate of drug-likeness (QED) is 0.804. The van der Waals surface area contributed by atoms with Gasteiger partial charge in [-0.2, -0.15) is 0 Å². The molecule has 0 saturated heterocycles. The molecule has 1 aliphatic rings. The van der Waals surface area contributed by atoms with Gasteiger partial charge in [0.2, 0.25) is 5.91 Å². The maximum atomic E-state index is 12.1. The van der Waals surface area contributed by atoms with Crippen molar-refractivity contribution >= 4 is 23.3 Å². The average molecular weight is 269 g/mol. The zero-order valence-corrected chi connectivity index (χ0v) is 10.9. The number of hydrogen-bond donors (Lipinski definition) is 2. The molecule has 1 aromatic heterocycles. The maximum Gasteiger partial charge on any atom is 0.230 e. The molecule has 2 unspecified atom stereocenters. The summed E-state index contributed by atoms with van der Waals surface area (Å²) in [6, 6.07) is 3.17. The van der Waals surface area contributed by atoms with E-state index in [2.05, 4.69) is 15.5 Å². The Kier molecular flexibility index (Phi) is 4.49. The zero-order valence-electron chi connectivity index (χ0n) is 10.1. The van der Waals surface area contributed by atoms with Gasteiger partial charge in [-0.1, -0.05) is 30.9 Å². The van der Waals surface area contributed by atoms with E-state index in [4.69, 9.17) is 17.3 Å². The highest BCUT2D eigenvalue weighted by Gasteiger charge is 2.27. The topological polar surface area (TPSA) is 80.9 Å². The molecule has 98 valence electrons. The third-order valence-electron chi connectivity index (χ3n) is 3.29. The number of rotatable bonds is 2. The molecular formula is C12H17ClN4O. The van der Waals surface area contributed by atoms with Crippen LogP contribution in [0.5, 0.6) is 0 Å². The minimum absolute atomic E-state index is 0.0623. The molecule has 5 nitrogen and oxygen atoms in total. The summed E-state index contributed by atoms with van der Waals surface area (Å²) in [6.45, 7) is 0. The molecule has 0 aliphatic heterocycles. The van der Waals surface area contributed by atoms with Gasteiger partial charge in [0.25, 0.3) is 0 Å². The first kappa shape index (κ1) is 13.2. The van der Waals surface area contributed by atoms with Crippen LogP contribution in [0.15, 0.2) is 12.1 Å². The maximum absolute atomic E-state index is 12.1. The first-order valence-corrected chi connectivity index (χ1v) is 6.60. The van der Waals surface area contributed by atoms with E-state index in [0.717, 1.165) is 32.1 Å². The van der Waals surface area contributed by atoms with Crippen molar-refractivity contribution in [3.63, 3.8) is 0 Å². The highest BCUT2D eigenvalue weighted by atomic mass is 35.5. The Morgan fingerprint density at radius 2 is 2.06 bits per heavy atom. The lowest BCUT2D eigenvalue weighted by Gasteiger charge is -2.19. The minimum Gasteiger partial charge on any atom is -0.327 e. The van der Waals surface area contributed by atoms with Gasteiger partial charge in [-0.3, -0.25) is 4.79 Å². The summed E-state index contributed by atoms with van der Waals surface area (Å²) in [7, 11) is 0. The van der Waals surface area contributed by atoms with Crippen molar-refractivity contribution in [3.8, 4) is 0 Å². The molecule has 1 fully saturated rings. The van der Waals surface area contributed by atoms with Crippen LogP contribution in [0.2, 0.25) is 5.15 Å². The van der Waals surface area contributed by atoms with Crippen LogP contribution in [0, 0.1) is 5.92 Å². The first-order valence-electron chi connectivity index (χ1n) is 6.22. The summed E-state index contributed by atoms with van der Waals surface area (Å²) in [4.78, 5) is 12.1. The van der Waals surface area contributed by atoms with E-state index in [9.17, 15) is 4.79 Å². The number of carbonyl (C=O) groups is 1. The predicted octanol–water partition coefficient (Wildman–Crippen LogP) is 1.98. The van der Waals surface area contributed by atoms with Gasteiger partial charge in [0, 0.05) is 6.04 Å².